The van der Waals surface area contributed by atoms with Gasteiger partial charge in [0.05, 0.1) is 11.0 Å². The third-order valence-electron chi connectivity index (χ3n) is 3.21. The molecule has 0 saturated carbocycles. The van der Waals surface area contributed by atoms with Crippen molar-refractivity contribution in [3.05, 3.63) is 52.6 Å². The molecule has 21 heavy (non-hydrogen) atoms. The molecule has 0 fully saturated rings. The molecule has 0 amide bonds. The van der Waals surface area contributed by atoms with E-state index in [4.69, 9.17) is 4.42 Å². The highest BCUT2D eigenvalue weighted by atomic mass is 16.6. The molecule has 3 aromatic rings. The molecule has 0 atom stereocenters. The SMILES string of the molecule is CN(C)c1ccc(-c2nc3ccc([N+](=O)[O-])cc3o2)cc1. The quantitative estimate of drug-likeness (QED) is 0.543. The molecule has 0 spiro atoms. The Bertz CT molecular complexity index is 807. The number of hydrogen-bond donors (Lipinski definition) is 0. The number of hydrogen-bond acceptors (Lipinski definition) is 5. The second-order valence-corrected chi connectivity index (χ2v) is 4.87. The second kappa shape index (κ2) is 4.90. The molecule has 0 saturated heterocycles. The maximum atomic E-state index is 10.8. The van der Waals surface area contributed by atoms with E-state index >= 15 is 0 Å². The maximum Gasteiger partial charge on any atom is 0.273 e. The smallest absolute Gasteiger partial charge is 0.273 e. The number of fused-ring (bicyclic) bond motifs is 1. The Balaban J connectivity index is 2.02. The van der Waals surface area contributed by atoms with E-state index in [1.54, 1.807) is 6.07 Å². The van der Waals surface area contributed by atoms with Crippen LogP contribution in [0.15, 0.2) is 46.9 Å². The molecule has 0 aliphatic heterocycles. The third-order valence-corrected chi connectivity index (χ3v) is 3.21. The van der Waals surface area contributed by atoms with Crippen molar-refractivity contribution in [2.75, 3.05) is 19.0 Å². The van der Waals surface area contributed by atoms with E-state index < -0.39 is 4.92 Å². The summed E-state index contributed by atoms with van der Waals surface area (Å²) in [6, 6.07) is 12.2. The Morgan fingerprint density at radius 3 is 2.48 bits per heavy atom. The zero-order valence-corrected chi connectivity index (χ0v) is 11.6. The average molecular weight is 283 g/mol. The van der Waals surface area contributed by atoms with Gasteiger partial charge < -0.3 is 9.32 Å². The summed E-state index contributed by atoms with van der Waals surface area (Å²) in [6.07, 6.45) is 0. The van der Waals surface area contributed by atoms with Crippen molar-refractivity contribution in [1.82, 2.24) is 4.98 Å². The van der Waals surface area contributed by atoms with Gasteiger partial charge in [-0.05, 0) is 30.3 Å². The Hall–Kier alpha value is -2.89. The summed E-state index contributed by atoms with van der Waals surface area (Å²) in [5, 5.41) is 10.8. The molecule has 6 heteroatoms. The van der Waals surface area contributed by atoms with E-state index in [9.17, 15) is 10.1 Å². The van der Waals surface area contributed by atoms with Crippen LogP contribution in [-0.2, 0) is 0 Å². The van der Waals surface area contributed by atoms with Gasteiger partial charge in [0.25, 0.3) is 5.69 Å². The van der Waals surface area contributed by atoms with E-state index in [1.165, 1.54) is 12.1 Å². The molecule has 3 rings (SSSR count). The fourth-order valence-electron chi connectivity index (χ4n) is 2.05. The molecule has 0 radical (unpaired) electrons. The lowest BCUT2D eigenvalue weighted by Crippen LogP contribution is -2.07. The van der Waals surface area contributed by atoms with E-state index in [2.05, 4.69) is 4.98 Å². The summed E-state index contributed by atoms with van der Waals surface area (Å²) in [5.41, 5.74) is 2.92. The zero-order valence-electron chi connectivity index (χ0n) is 11.6. The average Bonchev–Trinajstić information content (AvgIpc) is 2.90. The first-order valence-electron chi connectivity index (χ1n) is 6.37. The maximum absolute atomic E-state index is 10.8. The van der Waals surface area contributed by atoms with Gasteiger partial charge in [-0.2, -0.15) is 0 Å². The van der Waals surface area contributed by atoms with E-state index in [1.807, 2.05) is 43.3 Å². The van der Waals surface area contributed by atoms with Crippen molar-refractivity contribution in [1.29, 1.82) is 0 Å². The summed E-state index contributed by atoms with van der Waals surface area (Å²) in [7, 11) is 3.93. The Morgan fingerprint density at radius 2 is 1.86 bits per heavy atom. The predicted molar refractivity (Wildman–Crippen MR) is 80.4 cm³/mol. The minimum absolute atomic E-state index is 0.00634. The molecule has 6 nitrogen and oxygen atoms in total. The van der Waals surface area contributed by atoms with Gasteiger partial charge in [-0.15, -0.1) is 0 Å². The van der Waals surface area contributed by atoms with Crippen molar-refractivity contribution in [3.8, 4) is 11.5 Å². The molecule has 0 N–H and O–H groups in total. The Labute approximate surface area is 120 Å². The minimum Gasteiger partial charge on any atom is -0.436 e. The van der Waals surface area contributed by atoms with Gasteiger partial charge in [-0.1, -0.05) is 0 Å². The highest BCUT2D eigenvalue weighted by Gasteiger charge is 2.12. The van der Waals surface area contributed by atoms with Crippen LogP contribution in [0.5, 0.6) is 0 Å². The molecule has 106 valence electrons. The van der Waals surface area contributed by atoms with E-state index in [0.717, 1.165) is 11.3 Å². The van der Waals surface area contributed by atoms with Gasteiger partial charge in [0.15, 0.2) is 5.58 Å². The summed E-state index contributed by atoms with van der Waals surface area (Å²) in [5.74, 6) is 0.454. The number of nitro benzene ring substituents is 1. The van der Waals surface area contributed by atoms with Gasteiger partial charge in [-0.25, -0.2) is 4.98 Å². The number of oxazole rings is 1. The van der Waals surface area contributed by atoms with Gasteiger partial charge in [0.2, 0.25) is 5.89 Å². The molecule has 1 aromatic heterocycles. The molecule has 2 aromatic carbocycles. The number of aromatic nitrogens is 1. The Morgan fingerprint density at radius 1 is 1.14 bits per heavy atom. The molecular weight excluding hydrogens is 270 g/mol. The molecule has 0 bridgehead atoms. The fourth-order valence-corrected chi connectivity index (χ4v) is 2.05. The molecule has 1 heterocycles. The lowest BCUT2D eigenvalue weighted by atomic mass is 10.2. The van der Waals surface area contributed by atoms with Crippen molar-refractivity contribution < 1.29 is 9.34 Å². The van der Waals surface area contributed by atoms with Crippen molar-refractivity contribution in [3.63, 3.8) is 0 Å². The number of benzene rings is 2. The largest absolute Gasteiger partial charge is 0.436 e. The zero-order chi connectivity index (χ0) is 15.0. The van der Waals surface area contributed by atoms with Crippen LogP contribution in [0.1, 0.15) is 0 Å². The van der Waals surface area contributed by atoms with Crippen LogP contribution in [0.4, 0.5) is 11.4 Å². The van der Waals surface area contributed by atoms with Gasteiger partial charge in [0.1, 0.15) is 5.52 Å². The lowest BCUT2D eigenvalue weighted by molar-refractivity contribution is -0.384. The van der Waals surface area contributed by atoms with Crippen LogP contribution in [0.2, 0.25) is 0 Å². The number of nitro groups is 1. The standard InChI is InChI=1S/C15H13N3O3/c1-17(2)11-5-3-10(4-6-11)15-16-13-8-7-12(18(19)20)9-14(13)21-15/h3-9H,1-2H3. The van der Waals surface area contributed by atoms with Gasteiger partial charge in [0, 0.05) is 31.4 Å². The van der Waals surface area contributed by atoms with Crippen molar-refractivity contribution in [2.45, 2.75) is 0 Å². The van der Waals surface area contributed by atoms with Crippen molar-refractivity contribution >= 4 is 22.5 Å². The first-order valence-corrected chi connectivity index (χ1v) is 6.37. The number of rotatable bonds is 3. The number of anilines is 1. The summed E-state index contributed by atoms with van der Waals surface area (Å²) >= 11 is 0. The summed E-state index contributed by atoms with van der Waals surface area (Å²) in [4.78, 5) is 16.7. The number of nitrogens with zero attached hydrogens (tertiary/aromatic N) is 3. The Kier molecular flexibility index (Phi) is 3.06. The highest BCUT2D eigenvalue weighted by molar-refractivity contribution is 5.78. The molecular formula is C15H13N3O3. The fraction of sp³-hybridized carbons (Fsp3) is 0.133. The lowest BCUT2D eigenvalue weighted by Gasteiger charge is -2.11. The normalized spacial score (nSPS) is 10.8. The van der Waals surface area contributed by atoms with Crippen LogP contribution in [-0.4, -0.2) is 24.0 Å². The molecule has 0 aliphatic carbocycles. The second-order valence-electron chi connectivity index (χ2n) is 4.87. The highest BCUT2D eigenvalue weighted by Crippen LogP contribution is 2.28. The minimum atomic E-state index is -0.451. The van der Waals surface area contributed by atoms with Crippen LogP contribution >= 0.6 is 0 Å². The first kappa shape index (κ1) is 13.1. The van der Waals surface area contributed by atoms with E-state index in [-0.39, 0.29) is 5.69 Å². The number of non-ortho nitro benzene ring substituents is 1. The monoisotopic (exact) mass is 283 g/mol. The molecule has 0 unspecified atom stereocenters. The van der Waals surface area contributed by atoms with Crippen LogP contribution in [0.3, 0.4) is 0 Å². The molecule has 0 aliphatic rings. The predicted octanol–water partition coefficient (Wildman–Crippen LogP) is 3.47. The van der Waals surface area contributed by atoms with Gasteiger partial charge >= 0.3 is 0 Å². The third kappa shape index (κ3) is 2.43. The van der Waals surface area contributed by atoms with Crippen molar-refractivity contribution in [2.24, 2.45) is 0 Å². The van der Waals surface area contributed by atoms with Crippen LogP contribution in [0, 0.1) is 10.1 Å². The van der Waals surface area contributed by atoms with Crippen LogP contribution in [0.25, 0.3) is 22.6 Å². The van der Waals surface area contributed by atoms with E-state index in [0.29, 0.717) is 17.0 Å². The topological polar surface area (TPSA) is 72.4 Å². The van der Waals surface area contributed by atoms with Gasteiger partial charge in [-0.3, -0.25) is 10.1 Å². The summed E-state index contributed by atoms with van der Waals surface area (Å²) in [6.45, 7) is 0. The first-order chi connectivity index (χ1) is 10.0. The van der Waals surface area contributed by atoms with Crippen LogP contribution < -0.4 is 4.90 Å². The summed E-state index contributed by atoms with van der Waals surface area (Å²) < 4.78 is 5.62.